The van der Waals surface area contributed by atoms with Gasteiger partial charge < -0.3 is 0 Å². The third-order valence-electron chi connectivity index (χ3n) is 2.06. The zero-order chi connectivity index (χ0) is 7.84. The summed E-state index contributed by atoms with van der Waals surface area (Å²) in [6, 6.07) is 2.33. The van der Waals surface area contributed by atoms with E-state index in [0.29, 0.717) is 0 Å². The van der Waals surface area contributed by atoms with Crippen LogP contribution in [0.15, 0.2) is 11.0 Å². The minimum absolute atomic E-state index is 0.872. The van der Waals surface area contributed by atoms with Gasteiger partial charge in [-0.25, -0.2) is 0 Å². The van der Waals surface area contributed by atoms with E-state index < -0.39 is 0 Å². The van der Waals surface area contributed by atoms with Gasteiger partial charge in [0.1, 0.15) is 0 Å². The second-order valence-electron chi connectivity index (χ2n) is 3.00. The van der Waals surface area contributed by atoms with Crippen LogP contribution in [0.5, 0.6) is 0 Å². The van der Waals surface area contributed by atoms with Crippen LogP contribution in [-0.2, 0) is 6.42 Å². The fourth-order valence-electron chi connectivity index (χ4n) is 1.44. The standard InChI is InChI=1S/C9H12S2/c1-3-7-5-9-8(11-7)4-6(2)10-9/h4,7H,3,5H2,1-2H3. The van der Waals surface area contributed by atoms with Crippen molar-refractivity contribution in [2.24, 2.45) is 0 Å². The largest absolute Gasteiger partial charge is 0.144 e. The Bertz CT molecular complexity index is 239. The van der Waals surface area contributed by atoms with Crippen LogP contribution in [0.2, 0.25) is 0 Å². The monoisotopic (exact) mass is 184 g/mol. The molecule has 0 amide bonds. The smallest absolute Gasteiger partial charge is 0.0217 e. The van der Waals surface area contributed by atoms with Crippen molar-refractivity contribution < 1.29 is 0 Å². The summed E-state index contributed by atoms with van der Waals surface area (Å²) in [6.45, 7) is 4.48. The zero-order valence-electron chi connectivity index (χ0n) is 6.89. The molecule has 1 aliphatic rings. The first-order valence-electron chi connectivity index (χ1n) is 4.05. The first-order chi connectivity index (χ1) is 5.29. The average molecular weight is 184 g/mol. The topological polar surface area (TPSA) is 0 Å². The van der Waals surface area contributed by atoms with E-state index in [-0.39, 0.29) is 0 Å². The highest BCUT2D eigenvalue weighted by Crippen LogP contribution is 2.42. The highest BCUT2D eigenvalue weighted by Gasteiger charge is 2.22. The Kier molecular flexibility index (Phi) is 1.98. The number of hydrogen-bond acceptors (Lipinski definition) is 2. The molecule has 0 spiro atoms. The van der Waals surface area contributed by atoms with Gasteiger partial charge in [0.2, 0.25) is 0 Å². The molecule has 0 aliphatic carbocycles. The summed E-state index contributed by atoms with van der Waals surface area (Å²) in [7, 11) is 0. The normalized spacial score (nSPS) is 22.2. The lowest BCUT2D eigenvalue weighted by Crippen LogP contribution is -1.96. The van der Waals surface area contributed by atoms with Crippen LogP contribution in [0, 0.1) is 6.92 Å². The second kappa shape index (κ2) is 2.83. The Morgan fingerprint density at radius 1 is 1.64 bits per heavy atom. The molecule has 0 saturated carbocycles. The van der Waals surface area contributed by atoms with Gasteiger partial charge in [-0.1, -0.05) is 6.92 Å². The van der Waals surface area contributed by atoms with E-state index in [1.54, 1.807) is 9.77 Å². The quantitative estimate of drug-likeness (QED) is 0.644. The lowest BCUT2D eigenvalue weighted by molar-refractivity contribution is 0.839. The maximum Gasteiger partial charge on any atom is 0.0217 e. The molecule has 1 unspecified atom stereocenters. The van der Waals surface area contributed by atoms with Crippen molar-refractivity contribution in [1.82, 2.24) is 0 Å². The lowest BCUT2D eigenvalue weighted by atomic mass is 10.2. The molecule has 0 aromatic carbocycles. The van der Waals surface area contributed by atoms with Gasteiger partial charge in [-0.05, 0) is 25.8 Å². The number of aryl methyl sites for hydroxylation is 1. The van der Waals surface area contributed by atoms with Gasteiger partial charge in [-0.2, -0.15) is 0 Å². The van der Waals surface area contributed by atoms with Crippen molar-refractivity contribution in [1.29, 1.82) is 0 Å². The van der Waals surface area contributed by atoms with E-state index in [1.807, 2.05) is 11.3 Å². The van der Waals surface area contributed by atoms with Crippen LogP contribution in [0.25, 0.3) is 0 Å². The fraction of sp³-hybridized carbons (Fsp3) is 0.556. The predicted octanol–water partition coefficient (Wildman–Crippen LogP) is 3.48. The molecule has 0 N–H and O–H groups in total. The van der Waals surface area contributed by atoms with E-state index in [0.717, 1.165) is 5.25 Å². The van der Waals surface area contributed by atoms with E-state index >= 15 is 0 Å². The summed E-state index contributed by atoms with van der Waals surface area (Å²) in [6.07, 6.45) is 2.63. The van der Waals surface area contributed by atoms with Crippen LogP contribution in [0.4, 0.5) is 0 Å². The van der Waals surface area contributed by atoms with Crippen LogP contribution in [0.1, 0.15) is 23.1 Å². The second-order valence-corrected chi connectivity index (χ2v) is 5.68. The van der Waals surface area contributed by atoms with Crippen molar-refractivity contribution in [2.75, 3.05) is 0 Å². The molecule has 2 heterocycles. The Labute approximate surface area is 76.0 Å². The number of fused-ring (bicyclic) bond motifs is 1. The van der Waals surface area contributed by atoms with Crippen LogP contribution < -0.4 is 0 Å². The maximum atomic E-state index is 2.33. The predicted molar refractivity (Wildman–Crippen MR) is 52.7 cm³/mol. The lowest BCUT2D eigenvalue weighted by Gasteiger charge is -2.01. The highest BCUT2D eigenvalue weighted by molar-refractivity contribution is 8.00. The molecule has 1 aromatic heterocycles. The number of rotatable bonds is 1. The molecule has 1 atom stereocenters. The van der Waals surface area contributed by atoms with Crippen LogP contribution in [0.3, 0.4) is 0 Å². The van der Waals surface area contributed by atoms with Crippen LogP contribution in [-0.4, -0.2) is 5.25 Å². The summed E-state index contributed by atoms with van der Waals surface area (Å²) >= 11 is 4.04. The molecule has 0 saturated heterocycles. The van der Waals surface area contributed by atoms with Crippen LogP contribution >= 0.6 is 23.1 Å². The van der Waals surface area contributed by atoms with Gasteiger partial charge >= 0.3 is 0 Å². The number of hydrogen-bond donors (Lipinski definition) is 0. The van der Waals surface area contributed by atoms with E-state index in [1.165, 1.54) is 17.7 Å². The molecule has 2 rings (SSSR count). The molecule has 0 radical (unpaired) electrons. The number of thiophene rings is 1. The molecular formula is C9H12S2. The first kappa shape index (κ1) is 7.69. The Morgan fingerprint density at radius 2 is 2.45 bits per heavy atom. The van der Waals surface area contributed by atoms with Crippen molar-refractivity contribution >= 4 is 23.1 Å². The summed E-state index contributed by atoms with van der Waals surface area (Å²) < 4.78 is 0. The zero-order valence-corrected chi connectivity index (χ0v) is 8.52. The van der Waals surface area contributed by atoms with Gasteiger partial charge in [0, 0.05) is 19.9 Å². The van der Waals surface area contributed by atoms with Crippen molar-refractivity contribution in [3.05, 3.63) is 15.8 Å². The Morgan fingerprint density at radius 3 is 3.09 bits per heavy atom. The SMILES string of the molecule is CCC1Cc2sc(C)cc2S1. The van der Waals surface area contributed by atoms with Crippen molar-refractivity contribution in [3.63, 3.8) is 0 Å². The molecule has 60 valence electrons. The third kappa shape index (κ3) is 1.34. The summed E-state index contributed by atoms with van der Waals surface area (Å²) in [5, 5.41) is 0.872. The maximum absolute atomic E-state index is 2.33. The van der Waals surface area contributed by atoms with E-state index in [4.69, 9.17) is 0 Å². The van der Waals surface area contributed by atoms with Gasteiger partial charge in [0.05, 0.1) is 0 Å². The summed E-state index contributed by atoms with van der Waals surface area (Å²) in [4.78, 5) is 4.65. The summed E-state index contributed by atoms with van der Waals surface area (Å²) in [5.74, 6) is 0. The summed E-state index contributed by atoms with van der Waals surface area (Å²) in [5.41, 5.74) is 0. The molecule has 2 heteroatoms. The Balaban J connectivity index is 2.23. The molecule has 1 aliphatic heterocycles. The van der Waals surface area contributed by atoms with E-state index in [9.17, 15) is 0 Å². The van der Waals surface area contributed by atoms with E-state index in [2.05, 4.69) is 31.7 Å². The molecule has 1 aromatic rings. The molecular weight excluding hydrogens is 172 g/mol. The third-order valence-corrected chi connectivity index (χ3v) is 4.71. The first-order valence-corrected chi connectivity index (χ1v) is 5.75. The fourth-order valence-corrected chi connectivity index (χ4v) is 4.13. The highest BCUT2D eigenvalue weighted by atomic mass is 32.2. The van der Waals surface area contributed by atoms with Gasteiger partial charge in [-0.15, -0.1) is 23.1 Å². The van der Waals surface area contributed by atoms with Gasteiger partial charge in [0.25, 0.3) is 0 Å². The number of thioether (sulfide) groups is 1. The van der Waals surface area contributed by atoms with Crippen molar-refractivity contribution in [2.45, 2.75) is 36.8 Å². The van der Waals surface area contributed by atoms with Gasteiger partial charge in [0.15, 0.2) is 0 Å². The molecule has 0 fully saturated rings. The Hall–Kier alpha value is 0.0500. The molecule has 0 bridgehead atoms. The van der Waals surface area contributed by atoms with Gasteiger partial charge in [-0.3, -0.25) is 0 Å². The average Bonchev–Trinajstić information content (AvgIpc) is 2.43. The van der Waals surface area contributed by atoms with Crippen molar-refractivity contribution in [3.8, 4) is 0 Å². The minimum Gasteiger partial charge on any atom is -0.144 e. The molecule has 0 nitrogen and oxygen atoms in total. The molecule has 11 heavy (non-hydrogen) atoms. The minimum atomic E-state index is 0.872.